The van der Waals surface area contributed by atoms with Gasteiger partial charge in [0.15, 0.2) is 6.10 Å². The van der Waals surface area contributed by atoms with E-state index in [-0.39, 0.29) is 18.6 Å². The molecule has 0 N–H and O–H groups in total. The minimum absolute atomic E-state index is 0.173. The van der Waals surface area contributed by atoms with Crippen molar-refractivity contribution < 1.29 is 18.7 Å². The number of hydrogen-bond acceptors (Lipinski definition) is 5. The molecule has 0 aliphatic rings. The van der Waals surface area contributed by atoms with Gasteiger partial charge in [-0.2, -0.15) is 0 Å². The molecule has 2 aromatic carbocycles. The molecular weight excluding hydrogens is 377 g/mol. The average Bonchev–Trinajstić information content (AvgIpc) is 2.69. The van der Waals surface area contributed by atoms with Crippen molar-refractivity contribution in [2.24, 2.45) is 0 Å². The molecule has 0 radical (unpaired) electrons. The third-order valence-electron chi connectivity index (χ3n) is 4.37. The molecule has 0 fully saturated rings. The zero-order valence-electron chi connectivity index (χ0n) is 16.0. The van der Waals surface area contributed by atoms with E-state index in [1.165, 1.54) is 37.3 Å². The van der Waals surface area contributed by atoms with Crippen LogP contribution in [0.4, 0.5) is 4.39 Å². The van der Waals surface area contributed by atoms with Crippen LogP contribution in [0.3, 0.4) is 0 Å². The van der Waals surface area contributed by atoms with Crippen LogP contribution >= 0.6 is 0 Å². The number of likely N-dealkylation sites (N-methyl/N-ethyl adjacent to an activating group) is 1. The van der Waals surface area contributed by atoms with E-state index in [1.807, 2.05) is 0 Å². The molecular formula is C21H20FN3O4. The van der Waals surface area contributed by atoms with E-state index in [4.69, 9.17) is 4.74 Å². The summed E-state index contributed by atoms with van der Waals surface area (Å²) < 4.78 is 19.6. The first-order valence-corrected chi connectivity index (χ1v) is 8.98. The Morgan fingerprint density at radius 1 is 1.21 bits per heavy atom. The van der Waals surface area contributed by atoms with E-state index >= 15 is 0 Å². The van der Waals surface area contributed by atoms with E-state index in [0.29, 0.717) is 16.5 Å². The van der Waals surface area contributed by atoms with Gasteiger partial charge in [-0.05, 0) is 36.8 Å². The van der Waals surface area contributed by atoms with Crippen molar-refractivity contribution in [3.8, 4) is 0 Å². The third kappa shape index (κ3) is 4.84. The molecule has 0 bridgehead atoms. The van der Waals surface area contributed by atoms with Gasteiger partial charge < -0.3 is 9.64 Å². The predicted octanol–water partition coefficient (Wildman–Crippen LogP) is 2.13. The summed E-state index contributed by atoms with van der Waals surface area (Å²) in [6.45, 7) is 1.26. The first-order valence-electron chi connectivity index (χ1n) is 8.98. The van der Waals surface area contributed by atoms with Gasteiger partial charge in [-0.3, -0.25) is 19.0 Å². The number of carbonyl (C=O) groups is 2. The Hall–Kier alpha value is -3.55. The van der Waals surface area contributed by atoms with Crippen molar-refractivity contribution >= 4 is 22.8 Å². The summed E-state index contributed by atoms with van der Waals surface area (Å²) in [5, 5.41) is 0.391. The Kier molecular flexibility index (Phi) is 6.01. The molecule has 1 atom stereocenters. The molecule has 29 heavy (non-hydrogen) atoms. The molecule has 0 saturated carbocycles. The minimum Gasteiger partial charge on any atom is -0.451 e. The van der Waals surface area contributed by atoms with Crippen LogP contribution < -0.4 is 5.56 Å². The van der Waals surface area contributed by atoms with Crippen molar-refractivity contribution in [2.75, 3.05) is 7.05 Å². The number of benzene rings is 2. The lowest BCUT2D eigenvalue weighted by molar-refractivity contribution is -0.159. The molecule has 1 amide bonds. The molecule has 3 aromatic rings. The number of carbonyl (C=O) groups excluding carboxylic acids is 2. The van der Waals surface area contributed by atoms with Crippen molar-refractivity contribution in [3.05, 3.63) is 76.6 Å². The highest BCUT2D eigenvalue weighted by Crippen LogP contribution is 2.09. The van der Waals surface area contributed by atoms with Gasteiger partial charge in [0.05, 0.1) is 17.2 Å². The van der Waals surface area contributed by atoms with E-state index < -0.39 is 23.8 Å². The predicted molar refractivity (Wildman–Crippen MR) is 104 cm³/mol. The molecule has 1 aromatic heterocycles. The molecule has 3 rings (SSSR count). The number of para-hydroxylation sites is 1. The molecule has 0 spiro atoms. The number of amides is 1. The molecule has 1 heterocycles. The number of ether oxygens (including phenoxy) is 1. The lowest BCUT2D eigenvalue weighted by Gasteiger charge is -2.21. The number of aromatic nitrogens is 2. The zero-order chi connectivity index (χ0) is 21.0. The van der Waals surface area contributed by atoms with Crippen LogP contribution in [0.25, 0.3) is 10.9 Å². The maximum Gasteiger partial charge on any atom is 0.326 e. The SMILES string of the molecule is C[C@@H](OC(=O)Cn1cnc2ccccc2c1=O)C(=O)N(C)Cc1cccc(F)c1. The van der Waals surface area contributed by atoms with Gasteiger partial charge in [-0.15, -0.1) is 0 Å². The van der Waals surface area contributed by atoms with Gasteiger partial charge in [0.25, 0.3) is 11.5 Å². The lowest BCUT2D eigenvalue weighted by Crippen LogP contribution is -2.38. The number of esters is 1. The van der Waals surface area contributed by atoms with E-state index in [9.17, 15) is 18.8 Å². The van der Waals surface area contributed by atoms with Gasteiger partial charge in [-0.1, -0.05) is 24.3 Å². The van der Waals surface area contributed by atoms with Crippen LogP contribution in [-0.2, 0) is 27.4 Å². The maximum atomic E-state index is 13.3. The average molecular weight is 397 g/mol. The number of fused-ring (bicyclic) bond motifs is 1. The molecule has 0 aliphatic heterocycles. The van der Waals surface area contributed by atoms with E-state index in [2.05, 4.69) is 4.98 Å². The van der Waals surface area contributed by atoms with Gasteiger partial charge in [-0.25, -0.2) is 9.37 Å². The van der Waals surface area contributed by atoms with Gasteiger partial charge in [0.1, 0.15) is 12.4 Å². The van der Waals surface area contributed by atoms with Gasteiger partial charge >= 0.3 is 5.97 Å². The summed E-state index contributed by atoms with van der Waals surface area (Å²) >= 11 is 0. The van der Waals surface area contributed by atoms with Crippen LogP contribution in [0.2, 0.25) is 0 Å². The summed E-state index contributed by atoms with van der Waals surface area (Å²) in [6.07, 6.45) is 0.222. The van der Waals surface area contributed by atoms with Crippen LogP contribution in [0, 0.1) is 5.82 Å². The first kappa shape index (κ1) is 20.2. The monoisotopic (exact) mass is 397 g/mol. The van der Waals surface area contributed by atoms with Crippen LogP contribution in [0.15, 0.2) is 59.7 Å². The maximum absolute atomic E-state index is 13.3. The molecule has 0 aliphatic carbocycles. The highest BCUT2D eigenvalue weighted by atomic mass is 19.1. The fourth-order valence-corrected chi connectivity index (χ4v) is 2.94. The Morgan fingerprint density at radius 3 is 2.72 bits per heavy atom. The quantitative estimate of drug-likeness (QED) is 0.595. The second-order valence-electron chi connectivity index (χ2n) is 6.65. The summed E-state index contributed by atoms with van der Waals surface area (Å²) in [4.78, 5) is 42.6. The zero-order valence-corrected chi connectivity index (χ0v) is 16.0. The first-order chi connectivity index (χ1) is 13.8. The molecule has 0 saturated heterocycles. The van der Waals surface area contributed by atoms with Crippen LogP contribution in [0.5, 0.6) is 0 Å². The Morgan fingerprint density at radius 2 is 1.97 bits per heavy atom. The van der Waals surface area contributed by atoms with Gasteiger partial charge in [0.2, 0.25) is 0 Å². The second kappa shape index (κ2) is 8.64. The summed E-state index contributed by atoms with van der Waals surface area (Å²) in [6, 6.07) is 12.7. The lowest BCUT2D eigenvalue weighted by atomic mass is 10.2. The largest absolute Gasteiger partial charge is 0.451 e. The van der Waals surface area contributed by atoms with Crippen molar-refractivity contribution in [3.63, 3.8) is 0 Å². The minimum atomic E-state index is -1.05. The normalized spacial score (nSPS) is 11.8. The Bertz CT molecular complexity index is 1110. The summed E-state index contributed by atoms with van der Waals surface area (Å²) in [5.41, 5.74) is 0.785. The standard InChI is InChI=1S/C21H20FN3O4/c1-14(20(27)24(2)11-15-6-5-7-16(22)10-15)29-19(26)12-25-13-23-18-9-4-3-8-17(18)21(25)28/h3-10,13-14H,11-12H2,1-2H3/t14-/m1/s1. The van der Waals surface area contributed by atoms with Crippen molar-refractivity contribution in [1.29, 1.82) is 0 Å². The number of halogens is 1. The molecule has 0 unspecified atom stereocenters. The highest BCUT2D eigenvalue weighted by Gasteiger charge is 2.22. The van der Waals surface area contributed by atoms with Crippen LogP contribution in [0.1, 0.15) is 12.5 Å². The Labute approximate surface area is 166 Å². The number of hydrogen-bond donors (Lipinski definition) is 0. The van der Waals surface area contributed by atoms with Crippen molar-refractivity contribution in [1.82, 2.24) is 14.5 Å². The summed E-state index contributed by atoms with van der Waals surface area (Å²) in [7, 11) is 1.54. The fraction of sp³-hybridized carbons (Fsp3) is 0.238. The topological polar surface area (TPSA) is 81.5 Å². The fourth-order valence-electron chi connectivity index (χ4n) is 2.94. The van der Waals surface area contributed by atoms with E-state index in [0.717, 1.165) is 4.57 Å². The summed E-state index contributed by atoms with van der Waals surface area (Å²) in [5.74, 6) is -1.56. The highest BCUT2D eigenvalue weighted by molar-refractivity contribution is 5.83. The molecule has 150 valence electrons. The van der Waals surface area contributed by atoms with Gasteiger partial charge in [0, 0.05) is 13.6 Å². The van der Waals surface area contributed by atoms with Crippen LogP contribution in [-0.4, -0.2) is 39.5 Å². The molecule has 7 nitrogen and oxygen atoms in total. The Balaban J connectivity index is 1.62. The second-order valence-corrected chi connectivity index (χ2v) is 6.65. The molecule has 8 heteroatoms. The van der Waals surface area contributed by atoms with Crippen molar-refractivity contribution in [2.45, 2.75) is 26.1 Å². The van der Waals surface area contributed by atoms with E-state index in [1.54, 1.807) is 36.4 Å². The smallest absolute Gasteiger partial charge is 0.326 e. The third-order valence-corrected chi connectivity index (χ3v) is 4.37. The number of rotatable bonds is 6. The number of nitrogens with zero attached hydrogens (tertiary/aromatic N) is 3.